The lowest BCUT2D eigenvalue weighted by Gasteiger charge is -2.38. The van der Waals surface area contributed by atoms with Crippen molar-refractivity contribution in [3.8, 4) is 0 Å². The molecule has 4 heteroatoms. The quantitative estimate of drug-likeness (QED) is 0.774. The Morgan fingerprint density at radius 1 is 1.37 bits per heavy atom. The number of rotatable bonds is 1. The summed E-state index contributed by atoms with van der Waals surface area (Å²) in [7, 11) is 1.42. The minimum absolute atomic E-state index is 0.295. The molecule has 1 fully saturated rings. The molecule has 0 N–H and O–H groups in total. The fourth-order valence-electron chi connectivity index (χ4n) is 2.66. The molecule has 98 valence electrons. The average molecular weight is 256 g/mol. The first-order valence-corrected chi connectivity index (χ1v) is 6.46. The van der Waals surface area contributed by atoms with E-state index in [1.54, 1.807) is 4.90 Å². The minimum Gasteiger partial charge on any atom is -0.452 e. The Morgan fingerprint density at radius 3 is 2.84 bits per heavy atom. The molecular weight excluding hydrogens is 240 g/mol. The summed E-state index contributed by atoms with van der Waals surface area (Å²) in [5.41, 5.74) is 2.83. The number of nitrogens with zero attached hydrogens (tertiary/aromatic N) is 2. The van der Waals surface area contributed by atoms with E-state index in [-0.39, 0.29) is 6.09 Å². The van der Waals surface area contributed by atoms with E-state index in [1.807, 2.05) is 30.3 Å². The number of ether oxygens (including phenoxy) is 1. The summed E-state index contributed by atoms with van der Waals surface area (Å²) in [6.07, 6.45) is 3.76. The zero-order valence-electron chi connectivity index (χ0n) is 10.9. The van der Waals surface area contributed by atoms with Gasteiger partial charge in [-0.2, -0.15) is 0 Å². The highest BCUT2D eigenvalue weighted by atomic mass is 16.5. The summed E-state index contributed by atoms with van der Waals surface area (Å²) in [4.78, 5) is 18.1. The molecule has 0 radical (unpaired) electrons. The topological polar surface area (TPSA) is 41.9 Å². The van der Waals surface area contributed by atoms with Crippen molar-refractivity contribution >= 4 is 17.5 Å². The summed E-state index contributed by atoms with van der Waals surface area (Å²) >= 11 is 0. The van der Waals surface area contributed by atoms with E-state index in [9.17, 15) is 4.79 Å². The molecule has 1 atom stereocenters. The summed E-state index contributed by atoms with van der Waals surface area (Å²) in [6.45, 7) is 0.742. The predicted molar refractivity (Wildman–Crippen MR) is 73.5 cm³/mol. The van der Waals surface area contributed by atoms with Gasteiger partial charge in [0, 0.05) is 6.54 Å². The van der Waals surface area contributed by atoms with Crippen molar-refractivity contribution in [1.29, 1.82) is 0 Å². The van der Waals surface area contributed by atoms with Gasteiger partial charge in [0.1, 0.15) is 0 Å². The largest absolute Gasteiger partial charge is 0.452 e. The Kier molecular flexibility index (Phi) is 3.07. The van der Waals surface area contributed by atoms with E-state index in [0.29, 0.717) is 5.92 Å². The van der Waals surface area contributed by atoms with Crippen molar-refractivity contribution in [3.05, 3.63) is 42.1 Å². The molecule has 2 heterocycles. The van der Waals surface area contributed by atoms with Crippen LogP contribution >= 0.6 is 0 Å². The second-order valence-corrected chi connectivity index (χ2v) is 4.87. The van der Waals surface area contributed by atoms with Gasteiger partial charge in [-0.1, -0.05) is 24.3 Å². The smallest absolute Gasteiger partial charge is 0.414 e. The van der Waals surface area contributed by atoms with Crippen LogP contribution in [0.1, 0.15) is 12.8 Å². The number of benzene rings is 1. The Morgan fingerprint density at radius 2 is 2.16 bits per heavy atom. The maximum absolute atomic E-state index is 11.8. The molecule has 1 unspecified atom stereocenters. The van der Waals surface area contributed by atoms with E-state index in [0.717, 1.165) is 36.5 Å². The van der Waals surface area contributed by atoms with Crippen LogP contribution in [0, 0.1) is 5.92 Å². The highest BCUT2D eigenvalue weighted by molar-refractivity contribution is 6.05. The number of piperidine rings is 1. The van der Waals surface area contributed by atoms with Crippen LogP contribution in [-0.2, 0) is 4.74 Å². The maximum atomic E-state index is 11.8. The lowest BCUT2D eigenvalue weighted by atomic mass is 9.85. The fourth-order valence-corrected chi connectivity index (χ4v) is 2.66. The molecule has 3 aliphatic rings. The van der Waals surface area contributed by atoms with E-state index >= 15 is 0 Å². The number of amides is 1. The van der Waals surface area contributed by atoms with E-state index in [1.165, 1.54) is 7.11 Å². The molecule has 2 bridgehead atoms. The van der Waals surface area contributed by atoms with Crippen molar-refractivity contribution in [2.24, 2.45) is 10.9 Å². The first kappa shape index (κ1) is 12.0. The molecule has 1 aliphatic carbocycles. The standard InChI is InChI=1S/C15H16N2O2/c1-19-15(18)17-10-11-7-8-14(17)13(9-11)16-12-5-3-2-4-6-12/h2-6,8,11H,7,9-10H2,1H3. The van der Waals surface area contributed by atoms with Gasteiger partial charge in [-0.05, 0) is 30.9 Å². The second-order valence-electron chi connectivity index (χ2n) is 4.87. The van der Waals surface area contributed by atoms with Crippen molar-refractivity contribution < 1.29 is 9.53 Å². The molecule has 1 amide bonds. The normalized spacial score (nSPS) is 23.4. The number of hydrogen-bond donors (Lipinski definition) is 0. The monoisotopic (exact) mass is 256 g/mol. The Bertz CT molecular complexity index is 549. The van der Waals surface area contributed by atoms with Crippen LogP contribution in [0.2, 0.25) is 0 Å². The van der Waals surface area contributed by atoms with Gasteiger partial charge in [0.2, 0.25) is 0 Å². The van der Waals surface area contributed by atoms with Gasteiger partial charge >= 0.3 is 6.09 Å². The molecule has 4 rings (SSSR count). The maximum Gasteiger partial charge on any atom is 0.414 e. The first-order chi connectivity index (χ1) is 9.28. The number of aliphatic imine (C=N–C) groups is 1. The molecule has 1 saturated heterocycles. The van der Waals surface area contributed by atoms with Gasteiger partial charge in [-0.3, -0.25) is 9.89 Å². The van der Waals surface area contributed by atoms with Crippen LogP contribution in [0.25, 0.3) is 0 Å². The number of allylic oxidation sites excluding steroid dienone is 2. The molecule has 0 aromatic heterocycles. The number of hydrogen-bond acceptors (Lipinski definition) is 3. The van der Waals surface area contributed by atoms with Crippen LogP contribution in [0.5, 0.6) is 0 Å². The molecule has 4 nitrogen and oxygen atoms in total. The minimum atomic E-state index is -0.295. The molecule has 1 aromatic carbocycles. The van der Waals surface area contributed by atoms with Crippen LogP contribution in [0.4, 0.5) is 10.5 Å². The third-order valence-corrected chi connectivity index (χ3v) is 3.57. The van der Waals surface area contributed by atoms with Crippen LogP contribution in [0.3, 0.4) is 0 Å². The van der Waals surface area contributed by atoms with Crippen LogP contribution in [-0.4, -0.2) is 30.4 Å². The highest BCUT2D eigenvalue weighted by Gasteiger charge is 2.35. The number of methoxy groups -OCH3 is 1. The Balaban J connectivity index is 1.92. The van der Waals surface area contributed by atoms with Crippen LogP contribution < -0.4 is 0 Å². The molecule has 0 spiro atoms. The zero-order chi connectivity index (χ0) is 13.2. The number of para-hydroxylation sites is 1. The average Bonchev–Trinajstić information content (AvgIpc) is 2.48. The van der Waals surface area contributed by atoms with E-state index < -0.39 is 0 Å². The number of carbonyl (C=O) groups is 1. The van der Waals surface area contributed by atoms with E-state index in [4.69, 9.17) is 4.74 Å². The van der Waals surface area contributed by atoms with Gasteiger partial charge in [0.05, 0.1) is 24.2 Å². The predicted octanol–water partition coefficient (Wildman–Crippen LogP) is 3.14. The lowest BCUT2D eigenvalue weighted by molar-refractivity contribution is 0.126. The molecule has 19 heavy (non-hydrogen) atoms. The molecule has 0 saturated carbocycles. The summed E-state index contributed by atoms with van der Waals surface area (Å²) < 4.78 is 4.83. The van der Waals surface area contributed by atoms with Crippen molar-refractivity contribution in [3.63, 3.8) is 0 Å². The lowest BCUT2D eigenvalue weighted by Crippen LogP contribution is -2.45. The van der Waals surface area contributed by atoms with Crippen molar-refractivity contribution in [2.45, 2.75) is 12.8 Å². The molecule has 1 aromatic rings. The molecule has 2 aliphatic heterocycles. The summed E-state index contributed by atoms with van der Waals surface area (Å²) in [6, 6.07) is 9.84. The van der Waals surface area contributed by atoms with Gasteiger partial charge in [-0.15, -0.1) is 0 Å². The highest BCUT2D eigenvalue weighted by Crippen LogP contribution is 2.33. The van der Waals surface area contributed by atoms with Gasteiger partial charge in [0.25, 0.3) is 0 Å². The Labute approximate surface area is 112 Å². The third-order valence-electron chi connectivity index (χ3n) is 3.57. The van der Waals surface area contributed by atoms with Crippen molar-refractivity contribution in [1.82, 2.24) is 4.90 Å². The van der Waals surface area contributed by atoms with Gasteiger partial charge < -0.3 is 4.74 Å². The van der Waals surface area contributed by atoms with E-state index in [2.05, 4.69) is 11.1 Å². The summed E-state index contributed by atoms with van der Waals surface area (Å²) in [5.74, 6) is 0.457. The third kappa shape index (κ3) is 2.26. The zero-order valence-corrected chi connectivity index (χ0v) is 10.9. The van der Waals surface area contributed by atoms with Gasteiger partial charge in [0.15, 0.2) is 0 Å². The summed E-state index contributed by atoms with van der Waals surface area (Å²) in [5, 5.41) is 0. The van der Waals surface area contributed by atoms with Crippen molar-refractivity contribution in [2.75, 3.05) is 13.7 Å². The Hall–Kier alpha value is -2.10. The second kappa shape index (κ2) is 4.88. The number of fused-ring (bicyclic) bond motifs is 3. The van der Waals surface area contributed by atoms with Gasteiger partial charge in [-0.25, -0.2) is 4.79 Å². The SMILES string of the molecule is COC(=O)N1CC2CC=C1C(=Nc1ccccc1)C2. The number of carbonyl (C=O) groups excluding carboxylic acids is 1. The molecular formula is C15H16N2O2. The first-order valence-electron chi connectivity index (χ1n) is 6.46. The fraction of sp³-hybridized carbons (Fsp3) is 0.333. The van der Waals surface area contributed by atoms with Crippen LogP contribution in [0.15, 0.2) is 47.1 Å².